The highest BCUT2D eigenvalue weighted by atomic mass is 19.4. The molecule has 0 saturated heterocycles. The number of alkyl halides is 3. The van der Waals surface area contributed by atoms with Crippen molar-refractivity contribution in [2.45, 2.75) is 12.5 Å². The molecule has 1 heterocycles. The lowest BCUT2D eigenvalue weighted by atomic mass is 10.1. The molecule has 0 aliphatic rings. The van der Waals surface area contributed by atoms with E-state index in [1.54, 1.807) is 12.1 Å². The fraction of sp³-hybridized carbons (Fsp3) is 0.238. The Balaban J connectivity index is 2.44. The van der Waals surface area contributed by atoms with Gasteiger partial charge < -0.3 is 19.3 Å². The minimum Gasteiger partial charge on any atom is -0.506 e. The molecule has 7 nitrogen and oxygen atoms in total. The van der Waals surface area contributed by atoms with Gasteiger partial charge in [0.1, 0.15) is 5.75 Å². The summed E-state index contributed by atoms with van der Waals surface area (Å²) in [4.78, 5) is 25.3. The van der Waals surface area contributed by atoms with Crippen molar-refractivity contribution in [1.29, 1.82) is 0 Å². The SMILES string of the molecule is COC(=O)c1c(O)c2ccc(C(F)(F)F)cc2n(-c2cccc(C(OC)OC)c2)c1=O. The Kier molecular flexibility index (Phi) is 6.05. The number of pyridine rings is 1. The van der Waals surface area contributed by atoms with Gasteiger partial charge in [-0.25, -0.2) is 4.79 Å². The van der Waals surface area contributed by atoms with Crippen LogP contribution in [0.4, 0.5) is 13.2 Å². The van der Waals surface area contributed by atoms with E-state index in [2.05, 4.69) is 4.74 Å². The number of rotatable bonds is 5. The molecule has 0 aliphatic carbocycles. The van der Waals surface area contributed by atoms with E-state index in [0.717, 1.165) is 29.9 Å². The molecule has 1 aromatic heterocycles. The van der Waals surface area contributed by atoms with Crippen LogP contribution in [0, 0.1) is 0 Å². The van der Waals surface area contributed by atoms with E-state index in [1.807, 2.05) is 0 Å². The van der Waals surface area contributed by atoms with Crippen molar-refractivity contribution < 1.29 is 37.3 Å². The van der Waals surface area contributed by atoms with Crippen molar-refractivity contribution in [1.82, 2.24) is 4.57 Å². The Morgan fingerprint density at radius 3 is 2.32 bits per heavy atom. The van der Waals surface area contributed by atoms with Crippen molar-refractivity contribution in [3.8, 4) is 11.4 Å². The zero-order valence-electron chi connectivity index (χ0n) is 16.7. The van der Waals surface area contributed by atoms with Crippen LogP contribution >= 0.6 is 0 Å². The van der Waals surface area contributed by atoms with Gasteiger partial charge in [0.25, 0.3) is 5.56 Å². The quantitative estimate of drug-likeness (QED) is 0.483. The maximum atomic E-state index is 13.3. The molecule has 1 N–H and O–H groups in total. The minimum absolute atomic E-state index is 0.131. The Labute approximate surface area is 174 Å². The second-order valence-corrected chi connectivity index (χ2v) is 6.48. The highest BCUT2D eigenvalue weighted by Crippen LogP contribution is 2.35. The highest BCUT2D eigenvalue weighted by Gasteiger charge is 2.32. The fourth-order valence-electron chi connectivity index (χ4n) is 3.27. The number of esters is 1. The second kappa shape index (κ2) is 8.40. The maximum absolute atomic E-state index is 13.3. The zero-order valence-corrected chi connectivity index (χ0v) is 16.7. The van der Waals surface area contributed by atoms with E-state index < -0.39 is 40.9 Å². The van der Waals surface area contributed by atoms with Crippen molar-refractivity contribution in [3.63, 3.8) is 0 Å². The number of carbonyl (C=O) groups is 1. The first kappa shape index (κ1) is 22.3. The van der Waals surface area contributed by atoms with Crippen molar-refractivity contribution >= 4 is 16.9 Å². The number of halogens is 3. The first-order chi connectivity index (χ1) is 14.6. The van der Waals surface area contributed by atoms with Gasteiger partial charge in [0.05, 0.1) is 18.2 Å². The van der Waals surface area contributed by atoms with Gasteiger partial charge in [0.2, 0.25) is 0 Å². The van der Waals surface area contributed by atoms with Gasteiger partial charge in [-0.15, -0.1) is 0 Å². The molecule has 0 amide bonds. The average molecular weight is 437 g/mol. The number of carbonyl (C=O) groups excluding carboxylic acids is 1. The number of hydrogen-bond donors (Lipinski definition) is 1. The van der Waals surface area contributed by atoms with Gasteiger partial charge in [-0.05, 0) is 30.3 Å². The maximum Gasteiger partial charge on any atom is 0.416 e. The Morgan fingerprint density at radius 2 is 1.74 bits per heavy atom. The number of fused-ring (bicyclic) bond motifs is 1. The van der Waals surface area contributed by atoms with Gasteiger partial charge >= 0.3 is 12.1 Å². The summed E-state index contributed by atoms with van der Waals surface area (Å²) in [5.41, 5.74) is -2.40. The summed E-state index contributed by atoms with van der Waals surface area (Å²) in [6.45, 7) is 0. The average Bonchev–Trinajstić information content (AvgIpc) is 2.74. The molecule has 0 aliphatic heterocycles. The normalized spacial score (nSPS) is 11.8. The molecule has 0 spiro atoms. The Bertz CT molecular complexity index is 1200. The lowest BCUT2D eigenvalue weighted by molar-refractivity contribution is -0.137. The van der Waals surface area contributed by atoms with Gasteiger partial charge in [0.15, 0.2) is 11.9 Å². The molecular formula is C21H18F3NO6. The molecule has 0 atom stereocenters. The molecule has 0 saturated carbocycles. The number of aromatic hydroxyl groups is 1. The largest absolute Gasteiger partial charge is 0.506 e. The van der Waals surface area contributed by atoms with Crippen LogP contribution in [0.15, 0.2) is 47.3 Å². The monoisotopic (exact) mass is 437 g/mol. The standard InChI is InChI=1S/C21H18F3NO6/c1-29-19(28)16-17(26)14-8-7-12(21(22,23)24)10-15(14)25(18(16)27)13-6-4-5-11(9-13)20(30-2)31-3/h4-10,20,26H,1-3H3. The van der Waals surface area contributed by atoms with Crippen LogP contribution in [0.2, 0.25) is 0 Å². The smallest absolute Gasteiger partial charge is 0.416 e. The second-order valence-electron chi connectivity index (χ2n) is 6.48. The molecular weight excluding hydrogens is 419 g/mol. The molecule has 3 aromatic rings. The van der Waals surface area contributed by atoms with E-state index in [-0.39, 0.29) is 16.6 Å². The Morgan fingerprint density at radius 1 is 1.06 bits per heavy atom. The fourth-order valence-corrected chi connectivity index (χ4v) is 3.27. The van der Waals surface area contributed by atoms with Crippen LogP contribution in [-0.4, -0.2) is 37.0 Å². The predicted molar refractivity (Wildman–Crippen MR) is 104 cm³/mol. The predicted octanol–water partition coefficient (Wildman–Crippen LogP) is 3.79. The van der Waals surface area contributed by atoms with Crippen LogP contribution in [0.3, 0.4) is 0 Å². The number of nitrogens with zero attached hydrogens (tertiary/aromatic N) is 1. The van der Waals surface area contributed by atoms with Crippen molar-refractivity contribution in [2.24, 2.45) is 0 Å². The van der Waals surface area contributed by atoms with E-state index >= 15 is 0 Å². The first-order valence-corrected chi connectivity index (χ1v) is 8.87. The molecule has 3 rings (SSSR count). The molecule has 31 heavy (non-hydrogen) atoms. The molecule has 10 heteroatoms. The van der Waals surface area contributed by atoms with E-state index in [1.165, 1.54) is 26.4 Å². The lowest BCUT2D eigenvalue weighted by Crippen LogP contribution is -2.27. The minimum atomic E-state index is -4.69. The number of benzene rings is 2. The zero-order chi connectivity index (χ0) is 22.9. The third-order valence-corrected chi connectivity index (χ3v) is 4.69. The summed E-state index contributed by atoms with van der Waals surface area (Å²) in [6, 6.07) is 8.59. The number of hydrogen-bond acceptors (Lipinski definition) is 6. The number of aromatic nitrogens is 1. The lowest BCUT2D eigenvalue weighted by Gasteiger charge is -2.18. The van der Waals surface area contributed by atoms with Crippen LogP contribution in [0.5, 0.6) is 5.75 Å². The highest BCUT2D eigenvalue weighted by molar-refractivity contribution is 6.00. The molecule has 164 valence electrons. The summed E-state index contributed by atoms with van der Waals surface area (Å²) < 4.78 is 55.8. The number of methoxy groups -OCH3 is 3. The van der Waals surface area contributed by atoms with E-state index in [0.29, 0.717) is 5.56 Å². The molecule has 0 bridgehead atoms. The summed E-state index contributed by atoms with van der Waals surface area (Å²) in [5.74, 6) is -1.89. The van der Waals surface area contributed by atoms with Crippen LogP contribution < -0.4 is 5.56 Å². The van der Waals surface area contributed by atoms with Gasteiger partial charge in [-0.2, -0.15) is 13.2 Å². The van der Waals surface area contributed by atoms with Gasteiger partial charge in [-0.3, -0.25) is 9.36 Å². The molecule has 0 radical (unpaired) electrons. The third-order valence-electron chi connectivity index (χ3n) is 4.69. The molecule has 0 unspecified atom stereocenters. The summed E-state index contributed by atoms with van der Waals surface area (Å²) >= 11 is 0. The van der Waals surface area contributed by atoms with Crippen molar-refractivity contribution in [2.75, 3.05) is 21.3 Å². The van der Waals surface area contributed by atoms with Gasteiger partial charge in [-0.1, -0.05) is 12.1 Å². The summed E-state index contributed by atoms with van der Waals surface area (Å²) in [5, 5.41) is 10.3. The summed E-state index contributed by atoms with van der Waals surface area (Å²) in [7, 11) is 3.81. The topological polar surface area (TPSA) is 87.0 Å². The van der Waals surface area contributed by atoms with Crippen LogP contribution in [0.25, 0.3) is 16.6 Å². The molecule has 2 aromatic carbocycles. The number of ether oxygens (including phenoxy) is 3. The van der Waals surface area contributed by atoms with E-state index in [4.69, 9.17) is 9.47 Å². The first-order valence-electron chi connectivity index (χ1n) is 8.87. The van der Waals surface area contributed by atoms with E-state index in [9.17, 15) is 27.9 Å². The van der Waals surface area contributed by atoms with Crippen molar-refractivity contribution in [3.05, 3.63) is 69.5 Å². The van der Waals surface area contributed by atoms with Crippen LogP contribution in [0.1, 0.15) is 27.8 Å². The third kappa shape index (κ3) is 3.99. The Hall–Kier alpha value is -3.37. The van der Waals surface area contributed by atoms with Gasteiger partial charge in [0, 0.05) is 30.9 Å². The van der Waals surface area contributed by atoms with Crippen LogP contribution in [-0.2, 0) is 20.4 Å². The summed E-state index contributed by atoms with van der Waals surface area (Å²) in [6.07, 6.45) is -5.49. The molecule has 0 fully saturated rings.